The number of benzene rings is 2. The van der Waals surface area contributed by atoms with Crippen LogP contribution in [0.4, 0.5) is 5.69 Å². The quantitative estimate of drug-likeness (QED) is 0.381. The molecule has 0 amide bonds. The number of aryl methyl sites for hydroxylation is 1. The molecule has 7 nitrogen and oxygen atoms in total. The van der Waals surface area contributed by atoms with Crippen LogP contribution in [0.1, 0.15) is 36.7 Å². The highest BCUT2D eigenvalue weighted by Crippen LogP contribution is 2.31. The highest BCUT2D eigenvalue weighted by atomic mass is 32.1. The predicted octanol–water partition coefficient (Wildman–Crippen LogP) is 3.72. The van der Waals surface area contributed by atoms with Gasteiger partial charge in [0.15, 0.2) is 4.80 Å². The largest absolute Gasteiger partial charge is 0.463 e. The second kappa shape index (κ2) is 9.78. The topological polar surface area (TPSA) is 76.8 Å². The van der Waals surface area contributed by atoms with Crippen molar-refractivity contribution in [2.75, 3.05) is 25.6 Å². The number of aromatic nitrogens is 2. The van der Waals surface area contributed by atoms with E-state index in [1.807, 2.05) is 74.4 Å². The number of carbonyl (C=O) groups is 1. The molecule has 0 spiro atoms. The van der Waals surface area contributed by atoms with E-state index in [0.717, 1.165) is 22.2 Å². The number of thiazole rings is 1. The minimum absolute atomic E-state index is 0.217. The van der Waals surface area contributed by atoms with Crippen molar-refractivity contribution in [3.63, 3.8) is 0 Å². The zero-order valence-corrected chi connectivity index (χ0v) is 22.3. The maximum atomic E-state index is 13.8. The highest BCUT2D eigenvalue weighted by Gasteiger charge is 2.33. The number of ether oxygens (including phenoxy) is 1. The highest BCUT2D eigenvalue weighted by molar-refractivity contribution is 7.07. The number of pyridine rings is 1. The maximum absolute atomic E-state index is 13.8. The number of fused-ring (bicyclic) bond motifs is 2. The fourth-order valence-corrected chi connectivity index (χ4v) is 5.57. The first kappa shape index (κ1) is 24.6. The van der Waals surface area contributed by atoms with Crippen LogP contribution in [0.25, 0.3) is 17.0 Å². The second-order valence-corrected chi connectivity index (χ2v) is 10.2. The van der Waals surface area contributed by atoms with Gasteiger partial charge in [-0.05, 0) is 62.7 Å². The van der Waals surface area contributed by atoms with Gasteiger partial charge in [-0.1, -0.05) is 41.2 Å². The lowest BCUT2D eigenvalue weighted by Gasteiger charge is -2.25. The number of allylic oxidation sites excluding steroid dienone is 1. The fourth-order valence-electron chi connectivity index (χ4n) is 4.54. The van der Waals surface area contributed by atoms with Crippen LogP contribution < -0.4 is 19.8 Å². The summed E-state index contributed by atoms with van der Waals surface area (Å²) in [5.41, 5.74) is 5.26. The molecule has 37 heavy (non-hydrogen) atoms. The minimum atomic E-state index is -0.638. The Labute approximate surface area is 218 Å². The van der Waals surface area contributed by atoms with Gasteiger partial charge in [-0.15, -0.1) is 0 Å². The van der Waals surface area contributed by atoms with E-state index < -0.39 is 12.0 Å². The summed E-state index contributed by atoms with van der Waals surface area (Å²) in [6, 6.07) is 17.2. The molecule has 188 valence electrons. The number of hydrogen-bond acceptors (Lipinski definition) is 7. The number of carbonyl (C=O) groups excluding carboxylic acids is 1. The normalized spacial score (nSPS) is 15.5. The number of esters is 1. The van der Waals surface area contributed by atoms with Gasteiger partial charge in [0, 0.05) is 25.2 Å². The lowest BCUT2D eigenvalue weighted by molar-refractivity contribution is -0.139. The molecular formula is C29H28N4O3S. The molecule has 5 rings (SSSR count). The molecular weight excluding hydrogens is 484 g/mol. The van der Waals surface area contributed by atoms with Crippen LogP contribution in [0.3, 0.4) is 0 Å². The van der Waals surface area contributed by atoms with E-state index in [-0.39, 0.29) is 12.2 Å². The SMILES string of the molecule is CCOC(=O)C1=C(C)N=c2s/c(=C\c3ccc4cc(C)ccc4n3)c(=O)n2C1c1ccc(N(C)C)cc1. The maximum Gasteiger partial charge on any atom is 0.338 e. The second-order valence-electron chi connectivity index (χ2n) is 9.22. The van der Waals surface area contributed by atoms with Crippen LogP contribution >= 0.6 is 11.3 Å². The Morgan fingerprint density at radius 1 is 1.11 bits per heavy atom. The number of nitrogens with zero attached hydrogens (tertiary/aromatic N) is 4. The number of anilines is 1. The smallest absolute Gasteiger partial charge is 0.338 e. The third kappa shape index (κ3) is 4.60. The lowest BCUT2D eigenvalue weighted by Crippen LogP contribution is -2.40. The van der Waals surface area contributed by atoms with Crippen LogP contribution in [-0.2, 0) is 9.53 Å². The molecule has 0 fully saturated rings. The van der Waals surface area contributed by atoms with Gasteiger partial charge in [0.1, 0.15) is 0 Å². The Balaban J connectivity index is 1.68. The van der Waals surface area contributed by atoms with Gasteiger partial charge in [-0.3, -0.25) is 9.36 Å². The molecule has 1 aliphatic heterocycles. The molecule has 3 heterocycles. The van der Waals surface area contributed by atoms with Gasteiger partial charge >= 0.3 is 5.97 Å². The van der Waals surface area contributed by atoms with E-state index in [1.54, 1.807) is 24.5 Å². The van der Waals surface area contributed by atoms with E-state index in [2.05, 4.69) is 11.1 Å². The van der Waals surface area contributed by atoms with Crippen molar-refractivity contribution in [2.45, 2.75) is 26.8 Å². The van der Waals surface area contributed by atoms with E-state index in [4.69, 9.17) is 9.72 Å². The summed E-state index contributed by atoms with van der Waals surface area (Å²) in [4.78, 5) is 38.8. The Hall–Kier alpha value is -4.04. The molecule has 0 saturated heterocycles. The summed E-state index contributed by atoms with van der Waals surface area (Å²) >= 11 is 1.30. The first-order valence-corrected chi connectivity index (χ1v) is 12.9. The van der Waals surface area contributed by atoms with Crippen LogP contribution in [0.2, 0.25) is 0 Å². The average Bonchev–Trinajstić information content (AvgIpc) is 3.17. The van der Waals surface area contributed by atoms with Crippen molar-refractivity contribution in [2.24, 2.45) is 4.99 Å². The standard InChI is InChI=1S/C29H28N4O3S/c1-6-36-28(35)25-18(3)30-29-33(26(25)19-9-12-22(13-10-19)32(4)5)27(34)24(37-29)16-21-11-8-20-15-17(2)7-14-23(20)31-21/h7-16,26H,6H2,1-5H3/b24-16-. The van der Waals surface area contributed by atoms with Crippen molar-refractivity contribution in [3.05, 3.63) is 102 Å². The van der Waals surface area contributed by atoms with E-state index in [9.17, 15) is 9.59 Å². The first-order valence-electron chi connectivity index (χ1n) is 12.1. The predicted molar refractivity (Wildman–Crippen MR) is 148 cm³/mol. The van der Waals surface area contributed by atoms with Crippen molar-refractivity contribution < 1.29 is 9.53 Å². The summed E-state index contributed by atoms with van der Waals surface area (Å²) in [6.45, 7) is 5.84. The monoisotopic (exact) mass is 512 g/mol. The van der Waals surface area contributed by atoms with Gasteiger partial charge in [-0.25, -0.2) is 14.8 Å². The summed E-state index contributed by atoms with van der Waals surface area (Å²) in [6.07, 6.45) is 1.79. The lowest BCUT2D eigenvalue weighted by atomic mass is 9.95. The third-order valence-electron chi connectivity index (χ3n) is 6.39. The van der Waals surface area contributed by atoms with Gasteiger partial charge in [-0.2, -0.15) is 0 Å². The zero-order valence-electron chi connectivity index (χ0n) is 21.5. The van der Waals surface area contributed by atoms with Gasteiger partial charge in [0.25, 0.3) is 5.56 Å². The molecule has 0 radical (unpaired) electrons. The average molecular weight is 513 g/mol. The van der Waals surface area contributed by atoms with E-state index in [1.165, 1.54) is 16.9 Å². The van der Waals surface area contributed by atoms with Gasteiger partial charge in [0.05, 0.1) is 39.7 Å². The van der Waals surface area contributed by atoms with Crippen molar-refractivity contribution in [3.8, 4) is 0 Å². The van der Waals surface area contributed by atoms with Crippen molar-refractivity contribution >= 4 is 40.0 Å². The summed E-state index contributed by atoms with van der Waals surface area (Å²) in [7, 11) is 3.93. The number of rotatable bonds is 5. The molecule has 0 aliphatic carbocycles. The summed E-state index contributed by atoms with van der Waals surface area (Å²) in [5.74, 6) is -0.466. The third-order valence-corrected chi connectivity index (χ3v) is 7.37. The van der Waals surface area contributed by atoms with Gasteiger partial charge < -0.3 is 9.64 Å². The molecule has 1 unspecified atom stereocenters. The van der Waals surface area contributed by atoms with Crippen molar-refractivity contribution in [1.29, 1.82) is 0 Å². The van der Waals surface area contributed by atoms with Crippen LogP contribution in [0, 0.1) is 6.92 Å². The molecule has 0 bridgehead atoms. The Morgan fingerprint density at radius 2 is 1.86 bits per heavy atom. The first-order chi connectivity index (χ1) is 17.8. The summed E-state index contributed by atoms with van der Waals surface area (Å²) in [5, 5.41) is 1.05. The Bertz CT molecular complexity index is 1730. The van der Waals surface area contributed by atoms with Crippen LogP contribution in [-0.4, -0.2) is 36.2 Å². The number of hydrogen-bond donors (Lipinski definition) is 0. The molecule has 1 atom stereocenters. The Kier molecular flexibility index (Phi) is 6.52. The van der Waals surface area contributed by atoms with Crippen molar-refractivity contribution in [1.82, 2.24) is 9.55 Å². The molecule has 2 aromatic heterocycles. The van der Waals surface area contributed by atoms with Crippen LogP contribution in [0.5, 0.6) is 0 Å². The molecule has 0 saturated carbocycles. The molecule has 4 aromatic rings. The summed E-state index contributed by atoms with van der Waals surface area (Å²) < 4.78 is 7.48. The van der Waals surface area contributed by atoms with E-state index in [0.29, 0.717) is 26.3 Å². The van der Waals surface area contributed by atoms with E-state index >= 15 is 0 Å². The molecule has 2 aromatic carbocycles. The molecule has 0 N–H and O–H groups in total. The fraction of sp³-hybridized carbons (Fsp3) is 0.241. The van der Waals surface area contributed by atoms with Crippen LogP contribution in [0.15, 0.2) is 75.7 Å². The molecule has 8 heteroatoms. The zero-order chi connectivity index (χ0) is 26.3. The van der Waals surface area contributed by atoms with Gasteiger partial charge in [0.2, 0.25) is 0 Å². The minimum Gasteiger partial charge on any atom is -0.463 e. The Morgan fingerprint density at radius 3 is 2.57 bits per heavy atom. The molecule has 1 aliphatic rings.